The van der Waals surface area contributed by atoms with Crippen LogP contribution in [-0.4, -0.2) is 38.4 Å². The summed E-state index contributed by atoms with van der Waals surface area (Å²) in [6, 6.07) is 2.88. The molecule has 2 aromatic rings. The Balaban J connectivity index is 1.69. The fraction of sp³-hybridized carbons (Fsp3) is 0.625. The Bertz CT molecular complexity index is 794. The summed E-state index contributed by atoms with van der Waals surface area (Å²) in [4.78, 5) is 5.70. The molecule has 3 atom stereocenters. The minimum atomic E-state index is -4.54. The number of nitrogens with zero attached hydrogens (tertiary/aromatic N) is 4. The lowest BCUT2D eigenvalue weighted by Gasteiger charge is -2.29. The summed E-state index contributed by atoms with van der Waals surface area (Å²) in [5.41, 5.74) is -0.754. The first kappa shape index (κ1) is 17.1. The Hall–Kier alpha value is -1.38. The van der Waals surface area contributed by atoms with E-state index in [2.05, 4.69) is 17.0 Å². The van der Waals surface area contributed by atoms with Crippen LogP contribution in [0.3, 0.4) is 0 Å². The van der Waals surface area contributed by atoms with Crippen molar-refractivity contribution in [2.45, 2.75) is 51.2 Å². The lowest BCUT2D eigenvalue weighted by molar-refractivity contribution is -0.141. The van der Waals surface area contributed by atoms with Gasteiger partial charge >= 0.3 is 6.18 Å². The molecule has 5 nitrogen and oxygen atoms in total. The van der Waals surface area contributed by atoms with Crippen LogP contribution < -0.4 is 0 Å². The molecule has 0 aliphatic carbocycles. The van der Waals surface area contributed by atoms with Gasteiger partial charge < -0.3 is 4.74 Å². The number of imidazole rings is 1. The largest absolute Gasteiger partial charge is 0.435 e. The lowest BCUT2D eigenvalue weighted by atomic mass is 9.93. The highest BCUT2D eigenvalue weighted by molar-refractivity contribution is 6.29. The van der Waals surface area contributed by atoms with E-state index in [0.717, 1.165) is 25.8 Å². The molecule has 136 valence electrons. The monoisotopic (exact) mass is 374 g/mol. The van der Waals surface area contributed by atoms with Gasteiger partial charge in [0.25, 0.3) is 0 Å². The van der Waals surface area contributed by atoms with Crippen LogP contribution in [0.5, 0.6) is 0 Å². The third kappa shape index (κ3) is 3.22. The van der Waals surface area contributed by atoms with Crippen LogP contribution >= 0.6 is 11.6 Å². The standard InChI is InChI=1S/C16H18ClF3N4O/c1-2-3-9-6-11-15(25-11)23(7-9)8-10-14(16(18,19)20)21-13-5-4-12(17)22-24(10)13/h4-5,9,11,15H,2-3,6-8H2,1H3. The zero-order valence-electron chi connectivity index (χ0n) is 13.6. The normalized spacial score (nSPS) is 26.8. The highest BCUT2D eigenvalue weighted by atomic mass is 35.5. The molecule has 4 heterocycles. The molecule has 0 bridgehead atoms. The average molecular weight is 375 g/mol. The second-order valence-electron chi connectivity index (χ2n) is 6.72. The van der Waals surface area contributed by atoms with Gasteiger partial charge in [0.05, 0.1) is 11.8 Å². The number of piperidine rings is 1. The van der Waals surface area contributed by atoms with Crippen molar-refractivity contribution in [1.82, 2.24) is 19.5 Å². The molecule has 2 aliphatic heterocycles. The second-order valence-corrected chi connectivity index (χ2v) is 7.10. The maximum Gasteiger partial charge on any atom is 0.435 e. The number of halogens is 4. The number of ether oxygens (including phenoxy) is 1. The molecular weight excluding hydrogens is 357 g/mol. The number of aromatic nitrogens is 3. The average Bonchev–Trinajstić information content (AvgIpc) is 3.22. The zero-order valence-corrected chi connectivity index (χ0v) is 14.4. The Morgan fingerprint density at radius 3 is 2.88 bits per heavy atom. The number of hydrogen-bond acceptors (Lipinski definition) is 4. The van der Waals surface area contributed by atoms with Crippen molar-refractivity contribution < 1.29 is 17.9 Å². The Morgan fingerprint density at radius 2 is 2.16 bits per heavy atom. The fourth-order valence-corrected chi connectivity index (χ4v) is 3.89. The van der Waals surface area contributed by atoms with Crippen LogP contribution in [-0.2, 0) is 17.5 Å². The van der Waals surface area contributed by atoms with E-state index in [1.807, 2.05) is 4.90 Å². The maximum atomic E-state index is 13.5. The van der Waals surface area contributed by atoms with Gasteiger partial charge in [0, 0.05) is 13.1 Å². The molecule has 2 saturated heterocycles. The zero-order chi connectivity index (χ0) is 17.8. The molecule has 0 aromatic carbocycles. The van der Waals surface area contributed by atoms with Crippen LogP contribution in [0.2, 0.25) is 5.15 Å². The molecule has 2 fully saturated rings. The molecule has 0 amide bonds. The summed E-state index contributed by atoms with van der Waals surface area (Å²) in [5, 5.41) is 4.15. The van der Waals surface area contributed by atoms with Crippen LogP contribution in [0.15, 0.2) is 12.1 Å². The molecule has 4 rings (SSSR count). The molecule has 2 aliphatic rings. The number of hydrogen-bond donors (Lipinski definition) is 0. The first-order valence-corrected chi connectivity index (χ1v) is 8.75. The van der Waals surface area contributed by atoms with E-state index in [0.29, 0.717) is 5.92 Å². The van der Waals surface area contributed by atoms with Crippen LogP contribution in [0.1, 0.15) is 37.6 Å². The van der Waals surface area contributed by atoms with Crippen molar-refractivity contribution in [3.05, 3.63) is 28.7 Å². The predicted octanol–water partition coefficient (Wildman–Crippen LogP) is 3.75. The molecule has 0 radical (unpaired) electrons. The Labute approximate surface area is 147 Å². The van der Waals surface area contributed by atoms with Crippen molar-refractivity contribution >= 4 is 17.2 Å². The number of rotatable bonds is 4. The van der Waals surface area contributed by atoms with Gasteiger partial charge in [-0.15, -0.1) is 0 Å². The van der Waals surface area contributed by atoms with E-state index >= 15 is 0 Å². The summed E-state index contributed by atoms with van der Waals surface area (Å²) in [6.45, 7) is 2.92. The molecule has 2 aromatic heterocycles. The minimum Gasteiger partial charge on any atom is -0.353 e. The van der Waals surface area contributed by atoms with Crippen LogP contribution in [0, 0.1) is 5.92 Å². The summed E-state index contributed by atoms with van der Waals surface area (Å²) in [6.07, 6.45) is -1.42. The summed E-state index contributed by atoms with van der Waals surface area (Å²) in [5.74, 6) is 0.443. The maximum absolute atomic E-state index is 13.5. The van der Waals surface area contributed by atoms with Crippen LogP contribution in [0.25, 0.3) is 5.65 Å². The third-order valence-corrected chi connectivity index (χ3v) is 5.03. The Morgan fingerprint density at radius 1 is 1.36 bits per heavy atom. The van der Waals surface area contributed by atoms with Gasteiger partial charge in [-0.3, -0.25) is 4.90 Å². The van der Waals surface area contributed by atoms with E-state index in [1.165, 1.54) is 16.6 Å². The SMILES string of the molecule is CCCC1CC2OC2N(Cc2c(C(F)(F)F)nc3ccc(Cl)nn23)C1. The number of alkyl halides is 3. The summed E-state index contributed by atoms with van der Waals surface area (Å²) >= 11 is 5.88. The molecule has 3 unspecified atom stereocenters. The summed E-state index contributed by atoms with van der Waals surface area (Å²) in [7, 11) is 0. The molecular formula is C16H18ClF3N4O. The number of fused-ring (bicyclic) bond motifs is 2. The lowest BCUT2D eigenvalue weighted by Crippen LogP contribution is -2.38. The van der Waals surface area contributed by atoms with Gasteiger partial charge in [-0.2, -0.15) is 18.3 Å². The van der Waals surface area contributed by atoms with E-state index in [4.69, 9.17) is 16.3 Å². The highest BCUT2D eigenvalue weighted by Gasteiger charge is 2.50. The Kier molecular flexibility index (Phi) is 4.16. The highest BCUT2D eigenvalue weighted by Crippen LogP contribution is 2.40. The smallest absolute Gasteiger partial charge is 0.353 e. The van der Waals surface area contributed by atoms with E-state index in [9.17, 15) is 13.2 Å². The summed E-state index contributed by atoms with van der Waals surface area (Å²) < 4.78 is 47.2. The van der Waals surface area contributed by atoms with Crippen LogP contribution in [0.4, 0.5) is 13.2 Å². The topological polar surface area (TPSA) is 46.0 Å². The van der Waals surface area contributed by atoms with Gasteiger partial charge in [0.2, 0.25) is 0 Å². The molecule has 0 saturated carbocycles. The van der Waals surface area contributed by atoms with Gasteiger partial charge in [0.1, 0.15) is 11.4 Å². The van der Waals surface area contributed by atoms with Crippen molar-refractivity contribution in [3.8, 4) is 0 Å². The molecule has 25 heavy (non-hydrogen) atoms. The van der Waals surface area contributed by atoms with Crippen molar-refractivity contribution in [2.75, 3.05) is 6.54 Å². The van der Waals surface area contributed by atoms with Gasteiger partial charge in [-0.25, -0.2) is 9.50 Å². The molecule has 9 heteroatoms. The van der Waals surface area contributed by atoms with Gasteiger partial charge in [-0.05, 0) is 30.9 Å². The second kappa shape index (κ2) is 6.10. The molecule has 0 N–H and O–H groups in total. The van der Waals surface area contributed by atoms with Gasteiger partial charge in [0.15, 0.2) is 11.3 Å². The first-order valence-electron chi connectivity index (χ1n) is 8.37. The number of likely N-dealkylation sites (tertiary alicyclic amines) is 1. The predicted molar refractivity (Wildman–Crippen MR) is 85.1 cm³/mol. The first-order chi connectivity index (χ1) is 11.9. The van der Waals surface area contributed by atoms with E-state index in [1.54, 1.807) is 0 Å². The van der Waals surface area contributed by atoms with E-state index < -0.39 is 11.9 Å². The van der Waals surface area contributed by atoms with Crippen molar-refractivity contribution in [3.63, 3.8) is 0 Å². The van der Waals surface area contributed by atoms with Gasteiger partial charge in [-0.1, -0.05) is 24.9 Å². The van der Waals surface area contributed by atoms with E-state index in [-0.39, 0.29) is 35.4 Å². The third-order valence-electron chi connectivity index (χ3n) is 4.83. The molecule has 0 spiro atoms. The quantitative estimate of drug-likeness (QED) is 0.765. The number of epoxide rings is 1. The fourth-order valence-electron chi connectivity index (χ4n) is 3.76. The van der Waals surface area contributed by atoms with Crippen molar-refractivity contribution in [2.24, 2.45) is 5.92 Å². The minimum absolute atomic E-state index is 0.0106. The van der Waals surface area contributed by atoms with Crippen molar-refractivity contribution in [1.29, 1.82) is 0 Å².